The highest BCUT2D eigenvalue weighted by Gasteiger charge is 2.08. The molecule has 0 bridgehead atoms. The smallest absolute Gasteiger partial charge is 0.210 e. The molecule has 0 heterocycles. The molecule has 0 saturated carbocycles. The van der Waals surface area contributed by atoms with E-state index in [9.17, 15) is 4.79 Å². The van der Waals surface area contributed by atoms with Crippen molar-refractivity contribution in [2.45, 2.75) is 39.8 Å². The van der Waals surface area contributed by atoms with E-state index in [0.717, 1.165) is 6.41 Å². The van der Waals surface area contributed by atoms with Gasteiger partial charge in [-0.3, -0.25) is 4.79 Å². The Balaban J connectivity index is 0. The number of amides is 1. The molecule has 0 atom stereocenters. The number of hydrogen-bond acceptors (Lipinski definition) is 1. The van der Waals surface area contributed by atoms with Gasteiger partial charge in [-0.25, -0.2) is 0 Å². The maximum absolute atomic E-state index is 10.3. The Morgan fingerprint density at radius 1 is 1.10 bits per heavy atom. The van der Waals surface area contributed by atoms with Crippen molar-refractivity contribution in [3.8, 4) is 0 Å². The monoisotopic (exact) mass is 165 g/mol. The third kappa shape index (κ3) is 3.72. The molecule has 0 N–H and O–H groups in total. The lowest BCUT2D eigenvalue weighted by atomic mass is 10.2. The maximum atomic E-state index is 10.3. The minimum Gasteiger partial charge on any atom is -0.340 e. The number of carbonyl (C=O) groups is 1. The van der Waals surface area contributed by atoms with Crippen molar-refractivity contribution in [3.63, 3.8) is 0 Å². The first-order valence-electron chi connectivity index (χ1n) is 3.32. The van der Waals surface area contributed by atoms with Gasteiger partial charge in [0.15, 0.2) is 0 Å². The van der Waals surface area contributed by atoms with Gasteiger partial charge in [-0.2, -0.15) is 0 Å². The predicted octanol–water partition coefficient (Wildman–Crippen LogP) is 1.68. The zero-order valence-electron chi connectivity index (χ0n) is 7.00. The lowest BCUT2D eigenvalue weighted by Gasteiger charge is -2.25. The summed E-state index contributed by atoms with van der Waals surface area (Å²) in [4.78, 5) is 12.1. The highest BCUT2D eigenvalue weighted by atomic mass is 35.5. The Hall–Kier alpha value is -0.240. The van der Waals surface area contributed by atoms with Crippen LogP contribution in [0.15, 0.2) is 0 Å². The summed E-state index contributed by atoms with van der Waals surface area (Å²) < 4.78 is 0. The van der Waals surface area contributed by atoms with E-state index in [2.05, 4.69) is 0 Å². The van der Waals surface area contributed by atoms with E-state index in [1.165, 1.54) is 0 Å². The molecule has 0 aromatic rings. The Bertz CT molecular complexity index is 85.6. The second-order valence-corrected chi connectivity index (χ2v) is 2.74. The van der Waals surface area contributed by atoms with Crippen molar-refractivity contribution in [1.29, 1.82) is 0 Å². The molecule has 0 rings (SSSR count). The molecule has 0 aromatic heterocycles. The van der Waals surface area contributed by atoms with Gasteiger partial charge in [-0.15, -0.1) is 12.4 Å². The first-order chi connectivity index (χ1) is 4.09. The Labute approximate surface area is 69.0 Å². The minimum atomic E-state index is 0. The molecule has 0 aliphatic rings. The van der Waals surface area contributed by atoms with Crippen LogP contribution in [-0.2, 0) is 4.79 Å². The van der Waals surface area contributed by atoms with Crippen molar-refractivity contribution < 1.29 is 4.79 Å². The number of halogens is 1. The van der Waals surface area contributed by atoms with Gasteiger partial charge in [0.1, 0.15) is 0 Å². The van der Waals surface area contributed by atoms with Crippen LogP contribution in [0.25, 0.3) is 0 Å². The quantitative estimate of drug-likeness (QED) is 0.583. The summed E-state index contributed by atoms with van der Waals surface area (Å²) in [6.45, 7) is 8.03. The molecule has 0 spiro atoms. The highest BCUT2D eigenvalue weighted by molar-refractivity contribution is 5.85. The standard InChI is InChI=1S/C7H15NO.ClH/c1-6(2)8(5-9)7(3)4;/h5-7H,1-4H3;1H. The molecular formula is C7H16ClNO. The van der Waals surface area contributed by atoms with Gasteiger partial charge < -0.3 is 4.90 Å². The second kappa shape index (κ2) is 5.54. The second-order valence-electron chi connectivity index (χ2n) is 2.74. The van der Waals surface area contributed by atoms with Gasteiger partial charge in [0, 0.05) is 12.1 Å². The third-order valence-electron chi connectivity index (χ3n) is 1.31. The molecule has 0 unspecified atom stereocenters. The van der Waals surface area contributed by atoms with Crippen LogP contribution in [0.3, 0.4) is 0 Å². The Kier molecular flexibility index (Phi) is 6.89. The SMILES string of the molecule is CC(C)N(C=O)C(C)C.Cl. The van der Waals surface area contributed by atoms with Crippen LogP contribution in [0.4, 0.5) is 0 Å². The molecule has 1 amide bonds. The topological polar surface area (TPSA) is 20.3 Å². The van der Waals surface area contributed by atoms with Crippen LogP contribution < -0.4 is 0 Å². The van der Waals surface area contributed by atoms with Crippen LogP contribution in [0.2, 0.25) is 0 Å². The maximum Gasteiger partial charge on any atom is 0.210 e. The number of hydrogen-bond donors (Lipinski definition) is 0. The summed E-state index contributed by atoms with van der Waals surface area (Å²) in [7, 11) is 0. The number of rotatable bonds is 3. The van der Waals surface area contributed by atoms with E-state index in [-0.39, 0.29) is 12.4 Å². The molecule has 10 heavy (non-hydrogen) atoms. The average Bonchev–Trinajstić information content (AvgIpc) is 1.64. The van der Waals surface area contributed by atoms with E-state index >= 15 is 0 Å². The third-order valence-corrected chi connectivity index (χ3v) is 1.31. The van der Waals surface area contributed by atoms with Gasteiger partial charge >= 0.3 is 0 Å². The van der Waals surface area contributed by atoms with E-state index in [1.807, 2.05) is 27.7 Å². The molecule has 0 radical (unpaired) electrons. The van der Waals surface area contributed by atoms with Gasteiger partial charge in [0.25, 0.3) is 0 Å². The summed E-state index contributed by atoms with van der Waals surface area (Å²) in [6.07, 6.45) is 0.898. The van der Waals surface area contributed by atoms with Crippen molar-refractivity contribution in [3.05, 3.63) is 0 Å². The van der Waals surface area contributed by atoms with Crippen LogP contribution in [0.5, 0.6) is 0 Å². The van der Waals surface area contributed by atoms with E-state index in [4.69, 9.17) is 0 Å². The zero-order chi connectivity index (χ0) is 7.44. The van der Waals surface area contributed by atoms with Crippen LogP contribution in [0, 0.1) is 0 Å². The first kappa shape index (κ1) is 12.4. The van der Waals surface area contributed by atoms with Crippen LogP contribution in [-0.4, -0.2) is 23.4 Å². The fraction of sp³-hybridized carbons (Fsp3) is 0.857. The van der Waals surface area contributed by atoms with Gasteiger partial charge in [0.2, 0.25) is 6.41 Å². The largest absolute Gasteiger partial charge is 0.340 e. The predicted molar refractivity (Wildman–Crippen MR) is 45.4 cm³/mol. The summed E-state index contributed by atoms with van der Waals surface area (Å²) in [5, 5.41) is 0. The summed E-state index contributed by atoms with van der Waals surface area (Å²) in [6, 6.07) is 0.644. The molecule has 0 aromatic carbocycles. The fourth-order valence-corrected chi connectivity index (χ4v) is 0.840. The average molecular weight is 166 g/mol. The fourth-order valence-electron chi connectivity index (χ4n) is 0.840. The Morgan fingerprint density at radius 3 is 1.40 bits per heavy atom. The lowest BCUT2D eigenvalue weighted by Crippen LogP contribution is -2.35. The Morgan fingerprint density at radius 2 is 1.40 bits per heavy atom. The summed E-state index contributed by atoms with van der Waals surface area (Å²) >= 11 is 0. The van der Waals surface area contributed by atoms with E-state index < -0.39 is 0 Å². The number of carbonyl (C=O) groups excluding carboxylic acids is 1. The van der Waals surface area contributed by atoms with Crippen molar-refractivity contribution in [1.82, 2.24) is 4.90 Å². The molecule has 2 nitrogen and oxygen atoms in total. The normalized spacial score (nSPS) is 9.40. The van der Waals surface area contributed by atoms with E-state index in [1.54, 1.807) is 4.90 Å². The van der Waals surface area contributed by atoms with Gasteiger partial charge in [0.05, 0.1) is 0 Å². The van der Waals surface area contributed by atoms with Crippen molar-refractivity contribution in [2.24, 2.45) is 0 Å². The van der Waals surface area contributed by atoms with Crippen LogP contribution >= 0.6 is 12.4 Å². The molecule has 3 heteroatoms. The van der Waals surface area contributed by atoms with Gasteiger partial charge in [-0.1, -0.05) is 0 Å². The molecule has 0 aliphatic heterocycles. The summed E-state index contributed by atoms with van der Waals surface area (Å²) in [5.41, 5.74) is 0. The van der Waals surface area contributed by atoms with Crippen molar-refractivity contribution >= 4 is 18.8 Å². The molecule has 62 valence electrons. The summed E-state index contributed by atoms with van der Waals surface area (Å²) in [5.74, 6) is 0. The van der Waals surface area contributed by atoms with E-state index in [0.29, 0.717) is 12.1 Å². The number of nitrogens with zero attached hydrogens (tertiary/aromatic N) is 1. The van der Waals surface area contributed by atoms with Crippen molar-refractivity contribution in [2.75, 3.05) is 0 Å². The van der Waals surface area contributed by atoms with Crippen LogP contribution in [0.1, 0.15) is 27.7 Å². The minimum absolute atomic E-state index is 0. The molecule has 0 aliphatic carbocycles. The highest BCUT2D eigenvalue weighted by Crippen LogP contribution is 1.99. The lowest BCUT2D eigenvalue weighted by molar-refractivity contribution is -0.121. The molecule has 0 fully saturated rings. The first-order valence-corrected chi connectivity index (χ1v) is 3.32. The molecule has 0 saturated heterocycles. The zero-order valence-corrected chi connectivity index (χ0v) is 7.81. The molecular weight excluding hydrogens is 150 g/mol. The van der Waals surface area contributed by atoms with Gasteiger partial charge in [-0.05, 0) is 27.7 Å².